The number of rotatable bonds is 10. The molecule has 0 aliphatic carbocycles. The van der Waals surface area contributed by atoms with Crippen molar-refractivity contribution in [2.75, 3.05) is 12.8 Å². The van der Waals surface area contributed by atoms with E-state index >= 15 is 0 Å². The van der Waals surface area contributed by atoms with Crippen LogP contribution in [0.15, 0.2) is 95.9 Å². The molecule has 1 N–H and O–H groups in total. The number of nitrogens with one attached hydrogen (secondary N) is 1. The van der Waals surface area contributed by atoms with E-state index in [1.807, 2.05) is 91.0 Å². The number of benzene rings is 3. The number of hydrogen-bond acceptors (Lipinski definition) is 3. The quantitative estimate of drug-likeness (QED) is 0.478. The van der Waals surface area contributed by atoms with Crippen molar-refractivity contribution in [2.45, 2.75) is 30.3 Å². The van der Waals surface area contributed by atoms with E-state index in [4.69, 9.17) is 0 Å². The predicted molar refractivity (Wildman–Crippen MR) is 127 cm³/mol. The molecule has 4 nitrogen and oxygen atoms in total. The minimum atomic E-state index is -0.568. The molecule has 0 bridgehead atoms. The Hall–Kier alpha value is -3.05. The molecule has 0 aromatic heterocycles. The van der Waals surface area contributed by atoms with Gasteiger partial charge in [-0.1, -0.05) is 78.9 Å². The van der Waals surface area contributed by atoms with E-state index in [1.165, 1.54) is 0 Å². The largest absolute Gasteiger partial charge is 0.357 e. The Balaban J connectivity index is 1.78. The Morgan fingerprint density at radius 1 is 0.839 bits per heavy atom. The summed E-state index contributed by atoms with van der Waals surface area (Å²) in [4.78, 5) is 29.0. The van der Waals surface area contributed by atoms with E-state index in [0.717, 1.165) is 16.0 Å². The minimum absolute atomic E-state index is 0.0168. The summed E-state index contributed by atoms with van der Waals surface area (Å²) >= 11 is 1.65. The lowest BCUT2D eigenvalue weighted by atomic mass is 10.0. The summed E-state index contributed by atoms with van der Waals surface area (Å²) in [6.07, 6.45) is 0.847. The minimum Gasteiger partial charge on any atom is -0.357 e. The second-order valence-corrected chi connectivity index (χ2v) is 8.41. The summed E-state index contributed by atoms with van der Waals surface area (Å²) in [6.45, 7) is 0.403. The van der Waals surface area contributed by atoms with E-state index in [-0.39, 0.29) is 11.8 Å². The predicted octanol–water partition coefficient (Wildman–Crippen LogP) is 4.55. The van der Waals surface area contributed by atoms with Crippen molar-refractivity contribution in [3.8, 4) is 0 Å². The van der Waals surface area contributed by atoms with Gasteiger partial charge in [-0.3, -0.25) is 9.59 Å². The molecule has 1 atom stereocenters. The van der Waals surface area contributed by atoms with E-state index in [1.54, 1.807) is 23.7 Å². The molecule has 1 unspecified atom stereocenters. The average Bonchev–Trinajstić information content (AvgIpc) is 2.82. The van der Waals surface area contributed by atoms with Gasteiger partial charge in [0.25, 0.3) is 0 Å². The third-order valence-electron chi connectivity index (χ3n) is 5.04. The fourth-order valence-corrected chi connectivity index (χ4v) is 4.28. The molecule has 0 fully saturated rings. The van der Waals surface area contributed by atoms with Crippen LogP contribution in [0.4, 0.5) is 0 Å². The molecule has 160 valence electrons. The third kappa shape index (κ3) is 7.00. The summed E-state index contributed by atoms with van der Waals surface area (Å²) in [7, 11) is 1.62. The number of nitrogens with zero attached hydrogens (tertiary/aromatic N) is 1. The van der Waals surface area contributed by atoms with Crippen LogP contribution in [0.2, 0.25) is 0 Å². The SMILES string of the molecule is CNC(=O)C(Cc1ccccc1)N(Cc1ccccc1)C(=O)CCSc1ccccc1. The van der Waals surface area contributed by atoms with Crippen LogP contribution in [0.1, 0.15) is 17.5 Å². The zero-order valence-corrected chi connectivity index (χ0v) is 18.6. The van der Waals surface area contributed by atoms with Gasteiger partial charge in [0.05, 0.1) is 0 Å². The molecule has 3 aromatic rings. The highest BCUT2D eigenvalue weighted by atomic mass is 32.2. The van der Waals surface area contributed by atoms with Crippen LogP contribution >= 0.6 is 11.8 Å². The number of thioether (sulfide) groups is 1. The molecular weight excluding hydrogens is 404 g/mol. The van der Waals surface area contributed by atoms with Crippen molar-refractivity contribution in [3.63, 3.8) is 0 Å². The monoisotopic (exact) mass is 432 g/mol. The maximum Gasteiger partial charge on any atom is 0.242 e. The molecule has 3 aromatic carbocycles. The van der Waals surface area contributed by atoms with Crippen LogP contribution < -0.4 is 5.32 Å². The normalized spacial score (nSPS) is 11.5. The van der Waals surface area contributed by atoms with Gasteiger partial charge in [-0.15, -0.1) is 11.8 Å². The number of carbonyl (C=O) groups is 2. The van der Waals surface area contributed by atoms with Crippen molar-refractivity contribution in [2.24, 2.45) is 0 Å². The molecule has 0 aliphatic rings. The van der Waals surface area contributed by atoms with Crippen molar-refractivity contribution in [1.82, 2.24) is 10.2 Å². The van der Waals surface area contributed by atoms with Crippen molar-refractivity contribution < 1.29 is 9.59 Å². The summed E-state index contributed by atoms with van der Waals surface area (Å²) in [6, 6.07) is 29.2. The van der Waals surface area contributed by atoms with Gasteiger partial charge in [-0.05, 0) is 23.3 Å². The maximum atomic E-state index is 13.3. The van der Waals surface area contributed by atoms with Gasteiger partial charge in [0, 0.05) is 37.1 Å². The lowest BCUT2D eigenvalue weighted by molar-refractivity contribution is -0.140. The molecule has 0 saturated heterocycles. The van der Waals surface area contributed by atoms with Gasteiger partial charge in [-0.2, -0.15) is 0 Å². The van der Waals surface area contributed by atoms with E-state index in [2.05, 4.69) is 5.32 Å². The van der Waals surface area contributed by atoms with Crippen LogP contribution in [0, 0.1) is 0 Å². The van der Waals surface area contributed by atoms with Crippen molar-refractivity contribution in [3.05, 3.63) is 102 Å². The summed E-state index contributed by atoms with van der Waals surface area (Å²) in [5, 5.41) is 2.75. The smallest absolute Gasteiger partial charge is 0.242 e. The zero-order chi connectivity index (χ0) is 21.9. The third-order valence-corrected chi connectivity index (χ3v) is 6.05. The summed E-state index contributed by atoms with van der Waals surface area (Å²) in [5.74, 6) is 0.501. The fraction of sp³-hybridized carbons (Fsp3) is 0.231. The number of amides is 2. The molecule has 0 radical (unpaired) electrons. The fourth-order valence-electron chi connectivity index (χ4n) is 3.42. The molecule has 2 amide bonds. The second-order valence-electron chi connectivity index (χ2n) is 7.24. The first-order chi connectivity index (χ1) is 15.2. The van der Waals surface area contributed by atoms with E-state index in [0.29, 0.717) is 25.1 Å². The lowest BCUT2D eigenvalue weighted by Gasteiger charge is -2.31. The first-order valence-electron chi connectivity index (χ1n) is 10.4. The van der Waals surface area contributed by atoms with Gasteiger partial charge in [-0.25, -0.2) is 0 Å². The average molecular weight is 433 g/mol. The van der Waals surface area contributed by atoms with Crippen LogP contribution in [0.5, 0.6) is 0 Å². The Morgan fingerprint density at radius 3 is 1.97 bits per heavy atom. The topological polar surface area (TPSA) is 49.4 Å². The van der Waals surface area contributed by atoms with Gasteiger partial charge >= 0.3 is 0 Å². The Morgan fingerprint density at radius 2 is 1.39 bits per heavy atom. The first-order valence-corrected chi connectivity index (χ1v) is 11.4. The van der Waals surface area contributed by atoms with Crippen molar-refractivity contribution >= 4 is 23.6 Å². The number of carbonyl (C=O) groups excluding carboxylic acids is 2. The molecular formula is C26H28N2O2S. The molecule has 31 heavy (non-hydrogen) atoms. The van der Waals surface area contributed by atoms with Gasteiger partial charge in [0.1, 0.15) is 6.04 Å². The Bertz CT molecular complexity index is 949. The molecule has 0 heterocycles. The molecule has 5 heteroatoms. The second kappa shape index (κ2) is 12.0. The maximum absolute atomic E-state index is 13.3. The Kier molecular flexibility index (Phi) is 8.73. The van der Waals surface area contributed by atoms with Crippen molar-refractivity contribution in [1.29, 1.82) is 0 Å². The summed E-state index contributed by atoms with van der Waals surface area (Å²) in [5.41, 5.74) is 2.04. The lowest BCUT2D eigenvalue weighted by Crippen LogP contribution is -2.49. The zero-order valence-electron chi connectivity index (χ0n) is 17.7. The standard InChI is InChI=1S/C26H28N2O2S/c1-27-26(30)24(19-21-11-5-2-6-12-21)28(20-22-13-7-3-8-14-22)25(29)17-18-31-23-15-9-4-10-16-23/h2-16,24H,17-20H2,1H3,(H,27,30). The van der Waals surface area contributed by atoms with Gasteiger partial charge in [0.2, 0.25) is 11.8 Å². The van der Waals surface area contributed by atoms with Gasteiger partial charge < -0.3 is 10.2 Å². The van der Waals surface area contributed by atoms with E-state index in [9.17, 15) is 9.59 Å². The van der Waals surface area contributed by atoms with Crippen LogP contribution in [-0.4, -0.2) is 35.6 Å². The molecule has 0 spiro atoms. The van der Waals surface area contributed by atoms with Crippen LogP contribution in [-0.2, 0) is 22.6 Å². The molecule has 3 rings (SSSR count). The first kappa shape index (κ1) is 22.6. The highest BCUT2D eigenvalue weighted by molar-refractivity contribution is 7.99. The van der Waals surface area contributed by atoms with Gasteiger partial charge in [0.15, 0.2) is 0 Å². The highest BCUT2D eigenvalue weighted by Gasteiger charge is 2.29. The number of likely N-dealkylation sites (N-methyl/N-ethyl adjacent to an activating group) is 1. The van der Waals surface area contributed by atoms with E-state index < -0.39 is 6.04 Å². The highest BCUT2D eigenvalue weighted by Crippen LogP contribution is 2.20. The molecule has 0 saturated carbocycles. The van der Waals surface area contributed by atoms with Crippen LogP contribution in [0.3, 0.4) is 0 Å². The number of hydrogen-bond donors (Lipinski definition) is 1. The Labute approximate surface area is 188 Å². The molecule has 0 aliphatic heterocycles. The van der Waals surface area contributed by atoms with Crippen LogP contribution in [0.25, 0.3) is 0 Å². The summed E-state index contributed by atoms with van der Waals surface area (Å²) < 4.78 is 0.